The van der Waals surface area contributed by atoms with Crippen molar-refractivity contribution in [1.29, 1.82) is 0 Å². The van der Waals surface area contributed by atoms with E-state index in [-0.39, 0.29) is 16.0 Å². The fraction of sp³-hybridized carbons (Fsp3) is 0.467. The molecule has 0 bridgehead atoms. The van der Waals surface area contributed by atoms with Gasteiger partial charge in [-0.2, -0.15) is 0 Å². The van der Waals surface area contributed by atoms with Crippen LogP contribution in [0, 0.1) is 16.0 Å². The minimum absolute atomic E-state index is 0.0762. The zero-order valence-electron chi connectivity index (χ0n) is 12.7. The van der Waals surface area contributed by atoms with E-state index in [0.717, 1.165) is 22.7 Å². The van der Waals surface area contributed by atoms with Gasteiger partial charge in [0.1, 0.15) is 5.76 Å². The standard InChI is InChI=1S/C15H20N2O4S/c1-11(2)8-20-9-13(14-4-3-5-21-14)16-7-12-6-15(17(18)19)22-10-12/h3-6,10-11,13,16H,7-9H2,1-2H3. The number of nitro groups is 1. The van der Waals surface area contributed by atoms with E-state index in [9.17, 15) is 10.1 Å². The van der Waals surface area contributed by atoms with E-state index in [1.807, 2.05) is 12.1 Å². The minimum Gasteiger partial charge on any atom is -0.468 e. The molecule has 0 spiro atoms. The molecule has 0 amide bonds. The largest absolute Gasteiger partial charge is 0.468 e. The summed E-state index contributed by atoms with van der Waals surface area (Å²) in [6.07, 6.45) is 1.63. The van der Waals surface area contributed by atoms with E-state index in [1.165, 1.54) is 0 Å². The monoisotopic (exact) mass is 324 g/mol. The van der Waals surface area contributed by atoms with E-state index in [0.29, 0.717) is 25.7 Å². The molecule has 2 aromatic heterocycles. The zero-order chi connectivity index (χ0) is 15.9. The Bertz CT molecular complexity index is 580. The molecule has 120 valence electrons. The molecule has 1 atom stereocenters. The van der Waals surface area contributed by atoms with Crippen LogP contribution in [0.15, 0.2) is 34.3 Å². The molecule has 0 radical (unpaired) electrons. The highest BCUT2D eigenvalue weighted by atomic mass is 32.1. The number of rotatable bonds is 9. The first-order valence-corrected chi connectivity index (χ1v) is 8.00. The van der Waals surface area contributed by atoms with Crippen molar-refractivity contribution in [3.63, 3.8) is 0 Å². The molecular formula is C15H20N2O4S. The third-order valence-electron chi connectivity index (χ3n) is 2.99. The number of nitrogens with zero attached hydrogens (tertiary/aromatic N) is 1. The Morgan fingerprint density at radius 1 is 1.45 bits per heavy atom. The van der Waals surface area contributed by atoms with Gasteiger partial charge < -0.3 is 14.5 Å². The third kappa shape index (κ3) is 4.94. The molecule has 0 fully saturated rings. The predicted octanol–water partition coefficient (Wildman–Crippen LogP) is 3.75. The minimum atomic E-state index is -0.371. The second-order valence-electron chi connectivity index (χ2n) is 5.43. The van der Waals surface area contributed by atoms with Gasteiger partial charge in [-0.1, -0.05) is 25.2 Å². The first-order valence-electron chi connectivity index (χ1n) is 7.12. The highest BCUT2D eigenvalue weighted by Gasteiger charge is 2.16. The maximum atomic E-state index is 10.7. The third-order valence-corrected chi connectivity index (χ3v) is 3.92. The lowest BCUT2D eigenvalue weighted by atomic mass is 10.2. The molecule has 0 saturated carbocycles. The summed E-state index contributed by atoms with van der Waals surface area (Å²) in [7, 11) is 0. The van der Waals surface area contributed by atoms with Crippen LogP contribution in [-0.4, -0.2) is 18.1 Å². The molecule has 2 heterocycles. The van der Waals surface area contributed by atoms with Gasteiger partial charge in [0.05, 0.1) is 23.8 Å². The summed E-state index contributed by atoms with van der Waals surface area (Å²) in [4.78, 5) is 10.3. The maximum Gasteiger partial charge on any atom is 0.324 e. The van der Waals surface area contributed by atoms with Gasteiger partial charge in [0.25, 0.3) is 0 Å². The second-order valence-corrected chi connectivity index (χ2v) is 6.32. The van der Waals surface area contributed by atoms with Gasteiger partial charge in [-0.15, -0.1) is 0 Å². The molecule has 6 nitrogen and oxygen atoms in total. The summed E-state index contributed by atoms with van der Waals surface area (Å²) >= 11 is 1.13. The molecule has 7 heteroatoms. The van der Waals surface area contributed by atoms with Crippen LogP contribution in [0.4, 0.5) is 5.00 Å². The van der Waals surface area contributed by atoms with Gasteiger partial charge in [-0.3, -0.25) is 10.1 Å². The van der Waals surface area contributed by atoms with Gasteiger partial charge in [0, 0.05) is 24.6 Å². The van der Waals surface area contributed by atoms with Crippen LogP contribution in [0.3, 0.4) is 0 Å². The van der Waals surface area contributed by atoms with Crippen LogP contribution in [0.1, 0.15) is 31.2 Å². The van der Waals surface area contributed by atoms with Gasteiger partial charge in [0.2, 0.25) is 0 Å². The van der Waals surface area contributed by atoms with E-state index in [2.05, 4.69) is 19.2 Å². The molecule has 0 aromatic carbocycles. The molecule has 2 aromatic rings. The first-order chi connectivity index (χ1) is 10.6. The van der Waals surface area contributed by atoms with Crippen molar-refractivity contribution < 1.29 is 14.1 Å². The molecule has 1 N–H and O–H groups in total. The Morgan fingerprint density at radius 3 is 2.86 bits per heavy atom. The first kappa shape index (κ1) is 16.7. The van der Waals surface area contributed by atoms with Crippen molar-refractivity contribution in [2.75, 3.05) is 13.2 Å². The molecule has 2 rings (SSSR count). The summed E-state index contributed by atoms with van der Waals surface area (Å²) in [6.45, 7) is 5.90. The summed E-state index contributed by atoms with van der Waals surface area (Å²) in [5.74, 6) is 1.27. The van der Waals surface area contributed by atoms with Crippen molar-refractivity contribution in [2.45, 2.75) is 26.4 Å². The van der Waals surface area contributed by atoms with Crippen molar-refractivity contribution in [3.05, 3.63) is 51.3 Å². The summed E-state index contributed by atoms with van der Waals surface area (Å²) in [5, 5.41) is 16.0. The lowest BCUT2D eigenvalue weighted by Gasteiger charge is -2.17. The van der Waals surface area contributed by atoms with E-state index >= 15 is 0 Å². The SMILES string of the molecule is CC(C)COCC(NCc1csc([N+](=O)[O-])c1)c1ccco1. The maximum absolute atomic E-state index is 10.7. The average Bonchev–Trinajstić information content (AvgIpc) is 3.13. The van der Waals surface area contributed by atoms with Crippen molar-refractivity contribution in [3.8, 4) is 0 Å². The quantitative estimate of drug-likeness (QED) is 0.561. The Balaban J connectivity index is 1.92. The molecule has 0 aliphatic heterocycles. The normalized spacial score (nSPS) is 12.7. The zero-order valence-corrected chi connectivity index (χ0v) is 13.5. The number of thiophene rings is 1. The summed E-state index contributed by atoms with van der Waals surface area (Å²) in [6, 6.07) is 5.24. The highest BCUT2D eigenvalue weighted by Crippen LogP contribution is 2.23. The van der Waals surface area contributed by atoms with E-state index in [1.54, 1.807) is 17.7 Å². The van der Waals surface area contributed by atoms with Crippen molar-refractivity contribution in [1.82, 2.24) is 5.32 Å². The number of hydrogen-bond donors (Lipinski definition) is 1. The lowest BCUT2D eigenvalue weighted by Crippen LogP contribution is -2.25. The number of nitrogens with one attached hydrogen (secondary N) is 1. The smallest absolute Gasteiger partial charge is 0.324 e. The van der Waals surface area contributed by atoms with Gasteiger partial charge in [0.15, 0.2) is 0 Å². The molecule has 0 aliphatic carbocycles. The second kappa shape index (κ2) is 8.07. The van der Waals surface area contributed by atoms with E-state index < -0.39 is 0 Å². The summed E-state index contributed by atoms with van der Waals surface area (Å²) < 4.78 is 11.1. The Hall–Kier alpha value is -1.70. The molecule has 0 aliphatic rings. The fourth-order valence-corrected chi connectivity index (χ4v) is 2.67. The van der Waals surface area contributed by atoms with Gasteiger partial charge in [-0.05, 0) is 23.6 Å². The predicted molar refractivity (Wildman–Crippen MR) is 84.9 cm³/mol. The van der Waals surface area contributed by atoms with Crippen molar-refractivity contribution in [2.24, 2.45) is 5.92 Å². The molecule has 1 unspecified atom stereocenters. The van der Waals surface area contributed by atoms with Crippen LogP contribution in [0.2, 0.25) is 0 Å². The van der Waals surface area contributed by atoms with Crippen LogP contribution in [0.5, 0.6) is 0 Å². The van der Waals surface area contributed by atoms with Gasteiger partial charge >= 0.3 is 5.00 Å². The van der Waals surface area contributed by atoms with Crippen LogP contribution >= 0.6 is 11.3 Å². The van der Waals surface area contributed by atoms with Crippen LogP contribution in [0.25, 0.3) is 0 Å². The molecular weight excluding hydrogens is 304 g/mol. The van der Waals surface area contributed by atoms with Crippen LogP contribution in [-0.2, 0) is 11.3 Å². The topological polar surface area (TPSA) is 77.5 Å². The summed E-state index contributed by atoms with van der Waals surface area (Å²) in [5.41, 5.74) is 0.886. The number of ether oxygens (including phenoxy) is 1. The lowest BCUT2D eigenvalue weighted by molar-refractivity contribution is -0.380. The highest BCUT2D eigenvalue weighted by molar-refractivity contribution is 7.13. The fourth-order valence-electron chi connectivity index (χ4n) is 1.94. The average molecular weight is 324 g/mol. The van der Waals surface area contributed by atoms with Gasteiger partial charge in [-0.25, -0.2) is 0 Å². The number of hydrogen-bond acceptors (Lipinski definition) is 6. The Labute approximate surface area is 133 Å². The van der Waals surface area contributed by atoms with Crippen LogP contribution < -0.4 is 5.32 Å². The van der Waals surface area contributed by atoms with Crippen molar-refractivity contribution >= 4 is 16.3 Å². The Morgan fingerprint density at radius 2 is 2.27 bits per heavy atom. The molecule has 22 heavy (non-hydrogen) atoms. The van der Waals surface area contributed by atoms with E-state index in [4.69, 9.17) is 9.15 Å². The number of furan rings is 1. The molecule has 0 saturated heterocycles. The Kier molecular flexibility index (Phi) is 6.11.